The van der Waals surface area contributed by atoms with Gasteiger partial charge in [-0.15, -0.1) is 0 Å². The fourth-order valence-electron chi connectivity index (χ4n) is 0.896. The van der Waals surface area contributed by atoms with Gasteiger partial charge in [0, 0.05) is 5.56 Å². The second-order valence-electron chi connectivity index (χ2n) is 2.72. The minimum Gasteiger partial charge on any atom is -0.504 e. The van der Waals surface area contributed by atoms with Crippen LogP contribution >= 0.6 is 12.2 Å². The Balaban J connectivity index is 3.02. The lowest BCUT2D eigenvalue weighted by Gasteiger charge is -2.13. The Morgan fingerprint density at radius 2 is 1.93 bits per heavy atom. The van der Waals surface area contributed by atoms with Gasteiger partial charge in [-0.05, 0) is 30.4 Å². The first-order valence-corrected chi connectivity index (χ1v) is 4.25. The van der Waals surface area contributed by atoms with Gasteiger partial charge in [0.25, 0.3) is 5.91 Å². The van der Waals surface area contributed by atoms with E-state index in [2.05, 4.69) is 12.2 Å². The van der Waals surface area contributed by atoms with Crippen molar-refractivity contribution in [1.82, 2.24) is 5.01 Å². The molecular weight excluding hydrogens is 218 g/mol. The van der Waals surface area contributed by atoms with Crippen molar-refractivity contribution in [1.29, 1.82) is 0 Å². The van der Waals surface area contributed by atoms with Gasteiger partial charge >= 0.3 is 0 Å². The zero-order valence-corrected chi connectivity index (χ0v) is 8.36. The summed E-state index contributed by atoms with van der Waals surface area (Å²) in [6.45, 7) is 0. The Labute approximate surface area is 90.7 Å². The number of benzene rings is 1. The van der Waals surface area contributed by atoms with E-state index in [9.17, 15) is 4.79 Å². The molecule has 1 rings (SSSR count). The molecule has 0 aliphatic heterocycles. The number of amides is 1. The highest BCUT2D eigenvalue weighted by Gasteiger charge is 2.15. The van der Waals surface area contributed by atoms with E-state index >= 15 is 0 Å². The third-order valence-electron chi connectivity index (χ3n) is 1.68. The first-order valence-electron chi connectivity index (χ1n) is 3.84. The maximum atomic E-state index is 11.5. The smallest absolute Gasteiger partial charge is 0.274 e. The molecule has 0 spiro atoms. The monoisotopic (exact) mass is 227 g/mol. The van der Waals surface area contributed by atoms with Crippen molar-refractivity contribution in [2.24, 2.45) is 11.6 Å². The summed E-state index contributed by atoms with van der Waals surface area (Å²) in [5.74, 6) is 3.84. The maximum absolute atomic E-state index is 11.5. The van der Waals surface area contributed by atoms with E-state index < -0.39 is 11.7 Å². The van der Waals surface area contributed by atoms with Crippen molar-refractivity contribution < 1.29 is 15.0 Å². The van der Waals surface area contributed by atoms with Crippen LogP contribution in [0.25, 0.3) is 0 Å². The van der Waals surface area contributed by atoms with Gasteiger partial charge in [0.1, 0.15) is 0 Å². The van der Waals surface area contributed by atoms with Crippen LogP contribution in [0, 0.1) is 0 Å². The highest BCUT2D eigenvalue weighted by atomic mass is 32.1. The van der Waals surface area contributed by atoms with Gasteiger partial charge in [-0.2, -0.15) is 0 Å². The molecule has 0 fully saturated rings. The Bertz CT molecular complexity index is 422. The third kappa shape index (κ3) is 2.33. The van der Waals surface area contributed by atoms with Gasteiger partial charge in [-0.3, -0.25) is 4.79 Å². The summed E-state index contributed by atoms with van der Waals surface area (Å²) in [6, 6.07) is 3.52. The van der Waals surface area contributed by atoms with Crippen LogP contribution in [0.15, 0.2) is 18.2 Å². The lowest BCUT2D eigenvalue weighted by Crippen LogP contribution is -2.45. The van der Waals surface area contributed by atoms with Crippen LogP contribution in [0.4, 0.5) is 0 Å². The Kier molecular flexibility index (Phi) is 3.08. The van der Waals surface area contributed by atoms with Crippen molar-refractivity contribution in [2.75, 3.05) is 0 Å². The van der Waals surface area contributed by atoms with Crippen LogP contribution in [-0.4, -0.2) is 26.2 Å². The highest BCUT2D eigenvalue weighted by Crippen LogP contribution is 2.25. The molecule has 80 valence electrons. The Morgan fingerprint density at radius 3 is 2.40 bits per heavy atom. The van der Waals surface area contributed by atoms with E-state index in [4.69, 9.17) is 21.8 Å². The SMILES string of the molecule is NC(=S)N(N)C(=O)c1ccc(O)c(O)c1. The van der Waals surface area contributed by atoms with E-state index in [-0.39, 0.29) is 16.4 Å². The topological polar surface area (TPSA) is 113 Å². The number of hydrogen-bond acceptors (Lipinski definition) is 5. The summed E-state index contributed by atoms with van der Waals surface area (Å²) in [4.78, 5) is 11.5. The maximum Gasteiger partial charge on any atom is 0.274 e. The molecule has 1 aromatic carbocycles. The second kappa shape index (κ2) is 4.11. The molecule has 7 heteroatoms. The third-order valence-corrected chi connectivity index (χ3v) is 1.88. The van der Waals surface area contributed by atoms with Gasteiger partial charge in [0.15, 0.2) is 16.6 Å². The van der Waals surface area contributed by atoms with Crippen molar-refractivity contribution in [3.8, 4) is 11.5 Å². The molecule has 1 aromatic rings. The number of aromatic hydroxyl groups is 2. The number of rotatable bonds is 1. The van der Waals surface area contributed by atoms with Crippen molar-refractivity contribution in [2.45, 2.75) is 0 Å². The molecule has 6 N–H and O–H groups in total. The molecule has 0 bridgehead atoms. The number of thiocarbonyl (C=S) groups is 1. The summed E-state index contributed by atoms with van der Waals surface area (Å²) in [5, 5.41) is 18.4. The van der Waals surface area contributed by atoms with Gasteiger partial charge in [-0.25, -0.2) is 10.9 Å². The zero-order valence-electron chi connectivity index (χ0n) is 7.54. The van der Waals surface area contributed by atoms with Crippen LogP contribution in [0.3, 0.4) is 0 Å². The molecule has 0 radical (unpaired) electrons. The van der Waals surface area contributed by atoms with E-state index in [1.165, 1.54) is 6.07 Å². The average molecular weight is 227 g/mol. The van der Waals surface area contributed by atoms with Crippen LogP contribution < -0.4 is 11.6 Å². The molecule has 0 aliphatic carbocycles. The number of nitrogens with zero attached hydrogens (tertiary/aromatic N) is 1. The van der Waals surface area contributed by atoms with E-state index in [1.54, 1.807) is 0 Å². The normalized spacial score (nSPS) is 9.67. The lowest BCUT2D eigenvalue weighted by atomic mass is 10.2. The second-order valence-corrected chi connectivity index (χ2v) is 3.14. The number of phenolic OH excluding ortho intramolecular Hbond substituents is 2. The average Bonchev–Trinajstić information content (AvgIpc) is 2.19. The van der Waals surface area contributed by atoms with E-state index in [0.717, 1.165) is 12.1 Å². The largest absolute Gasteiger partial charge is 0.504 e. The number of nitrogens with two attached hydrogens (primary N) is 2. The van der Waals surface area contributed by atoms with Gasteiger partial charge in [0.05, 0.1) is 0 Å². The standard InChI is InChI=1S/C8H9N3O3S/c9-8(15)11(10)7(14)4-1-2-5(12)6(13)3-4/h1-3,12-13H,10H2,(H2,9,15). The van der Waals surface area contributed by atoms with Crippen LogP contribution in [0.5, 0.6) is 11.5 Å². The first-order chi connectivity index (χ1) is 6.93. The van der Waals surface area contributed by atoms with Crippen LogP contribution in [0.2, 0.25) is 0 Å². The fourth-order valence-corrected chi connectivity index (χ4v) is 0.979. The van der Waals surface area contributed by atoms with Crippen LogP contribution in [-0.2, 0) is 0 Å². The lowest BCUT2D eigenvalue weighted by molar-refractivity contribution is 0.0848. The number of hydrogen-bond donors (Lipinski definition) is 4. The fraction of sp³-hybridized carbons (Fsp3) is 0. The highest BCUT2D eigenvalue weighted by molar-refractivity contribution is 7.80. The molecule has 0 aromatic heterocycles. The summed E-state index contributed by atoms with van der Waals surface area (Å²) in [6.07, 6.45) is 0. The Morgan fingerprint density at radius 1 is 1.33 bits per heavy atom. The molecular formula is C8H9N3O3S. The van der Waals surface area contributed by atoms with Gasteiger partial charge in [0.2, 0.25) is 0 Å². The summed E-state index contributed by atoms with van der Waals surface area (Å²) in [5.41, 5.74) is 5.21. The quantitative estimate of drug-likeness (QED) is 0.172. The predicted octanol–water partition coefficient (Wildman–Crippen LogP) is -0.343. The number of carbonyl (C=O) groups excluding carboxylic acids is 1. The molecule has 0 saturated carbocycles. The minimum absolute atomic E-state index is 0.0700. The summed E-state index contributed by atoms with van der Waals surface area (Å²) >= 11 is 4.50. The van der Waals surface area contributed by atoms with Crippen molar-refractivity contribution in [3.63, 3.8) is 0 Å². The van der Waals surface area contributed by atoms with Crippen LogP contribution in [0.1, 0.15) is 10.4 Å². The molecule has 0 heterocycles. The van der Waals surface area contributed by atoms with Crippen molar-refractivity contribution >= 4 is 23.2 Å². The van der Waals surface area contributed by atoms with E-state index in [0.29, 0.717) is 5.01 Å². The van der Waals surface area contributed by atoms with Crippen molar-refractivity contribution in [3.05, 3.63) is 23.8 Å². The first kappa shape index (κ1) is 11.2. The zero-order chi connectivity index (χ0) is 11.6. The molecule has 0 unspecified atom stereocenters. The van der Waals surface area contributed by atoms with Gasteiger partial charge < -0.3 is 15.9 Å². The molecule has 0 saturated heterocycles. The molecule has 1 amide bonds. The number of carbonyl (C=O) groups is 1. The Hall–Kier alpha value is -1.86. The number of phenols is 2. The van der Waals surface area contributed by atoms with E-state index in [1.807, 2.05) is 0 Å². The van der Waals surface area contributed by atoms with Gasteiger partial charge in [-0.1, -0.05) is 0 Å². The minimum atomic E-state index is -0.669. The molecule has 15 heavy (non-hydrogen) atoms. The predicted molar refractivity (Wildman–Crippen MR) is 56.9 cm³/mol. The summed E-state index contributed by atoms with van der Waals surface area (Å²) in [7, 11) is 0. The number of hydrazine groups is 1. The molecule has 6 nitrogen and oxygen atoms in total. The summed E-state index contributed by atoms with van der Waals surface area (Å²) < 4.78 is 0. The molecule has 0 atom stereocenters. The molecule has 0 aliphatic rings.